The van der Waals surface area contributed by atoms with Crippen molar-refractivity contribution in [1.29, 1.82) is 0 Å². The van der Waals surface area contributed by atoms with Gasteiger partial charge in [0.2, 0.25) is 15.9 Å². The quantitative estimate of drug-likeness (QED) is 0.601. The first kappa shape index (κ1) is 22.8. The van der Waals surface area contributed by atoms with E-state index >= 15 is 0 Å². The Hall–Kier alpha value is -1.91. The zero-order chi connectivity index (χ0) is 21.9. The van der Waals surface area contributed by atoms with Crippen molar-refractivity contribution < 1.29 is 13.2 Å². The predicted octanol–water partition coefficient (Wildman–Crippen LogP) is 2.61. The van der Waals surface area contributed by atoms with Crippen LogP contribution in [0.1, 0.15) is 45.2 Å². The van der Waals surface area contributed by atoms with Crippen molar-refractivity contribution in [1.82, 2.24) is 24.0 Å². The van der Waals surface area contributed by atoms with Crippen LogP contribution < -0.4 is 0 Å². The molecule has 1 saturated heterocycles. The minimum atomic E-state index is -3.55. The van der Waals surface area contributed by atoms with E-state index in [1.807, 2.05) is 30.5 Å². The molecule has 1 fully saturated rings. The normalized spacial score (nSPS) is 15.9. The van der Waals surface area contributed by atoms with E-state index in [-0.39, 0.29) is 17.7 Å². The molecule has 1 aliphatic heterocycles. The third-order valence-electron chi connectivity index (χ3n) is 5.20. The average Bonchev–Trinajstić information content (AvgIpc) is 3.21. The lowest BCUT2D eigenvalue weighted by Crippen LogP contribution is -2.51. The Balaban J connectivity index is 1.55. The van der Waals surface area contributed by atoms with Gasteiger partial charge in [0.15, 0.2) is 5.16 Å². The maximum Gasteiger partial charge on any atom is 0.243 e. The monoisotopic (exact) mass is 451 g/mol. The van der Waals surface area contributed by atoms with E-state index < -0.39 is 10.0 Å². The third kappa shape index (κ3) is 5.04. The minimum absolute atomic E-state index is 0.0170. The molecule has 0 bridgehead atoms. The lowest BCUT2D eigenvalue weighted by atomic mass is 10.0. The Bertz CT molecular complexity index is 963. The SMILES string of the molecule is CC(C)c1ccc(S(=O)(=O)N2CCN(C(=O)CSc3nncn3C(C)C)CC2)cc1. The van der Waals surface area contributed by atoms with Gasteiger partial charge in [-0.1, -0.05) is 37.7 Å². The number of sulfonamides is 1. The van der Waals surface area contributed by atoms with E-state index in [9.17, 15) is 13.2 Å². The molecule has 0 N–H and O–H groups in total. The average molecular weight is 452 g/mol. The zero-order valence-electron chi connectivity index (χ0n) is 17.9. The van der Waals surface area contributed by atoms with Crippen molar-refractivity contribution >= 4 is 27.7 Å². The maximum atomic E-state index is 12.9. The first-order chi connectivity index (χ1) is 14.2. The minimum Gasteiger partial charge on any atom is -0.339 e. The molecule has 2 heterocycles. The van der Waals surface area contributed by atoms with Crippen molar-refractivity contribution in [2.45, 2.75) is 49.7 Å². The summed E-state index contributed by atoms with van der Waals surface area (Å²) in [6.07, 6.45) is 1.66. The number of piperazine rings is 1. The van der Waals surface area contributed by atoms with Crippen LogP contribution in [0.15, 0.2) is 40.6 Å². The molecule has 3 rings (SSSR count). The van der Waals surface area contributed by atoms with Crippen molar-refractivity contribution in [3.8, 4) is 0 Å². The topological polar surface area (TPSA) is 88.4 Å². The van der Waals surface area contributed by atoms with Crippen LogP contribution in [0.25, 0.3) is 0 Å². The zero-order valence-corrected chi connectivity index (χ0v) is 19.5. The third-order valence-corrected chi connectivity index (χ3v) is 8.05. The highest BCUT2D eigenvalue weighted by molar-refractivity contribution is 7.99. The summed E-state index contributed by atoms with van der Waals surface area (Å²) in [6, 6.07) is 7.29. The van der Waals surface area contributed by atoms with Crippen LogP contribution in [-0.4, -0.2) is 70.2 Å². The van der Waals surface area contributed by atoms with Crippen LogP contribution in [0.4, 0.5) is 0 Å². The van der Waals surface area contributed by atoms with E-state index in [1.54, 1.807) is 23.4 Å². The summed E-state index contributed by atoms with van der Waals surface area (Å²) >= 11 is 1.36. The fourth-order valence-corrected chi connectivity index (χ4v) is 5.63. The van der Waals surface area contributed by atoms with Gasteiger partial charge in [-0.25, -0.2) is 8.42 Å². The molecular weight excluding hydrogens is 422 g/mol. The molecule has 8 nitrogen and oxygen atoms in total. The molecule has 0 saturated carbocycles. The Morgan fingerprint density at radius 3 is 2.27 bits per heavy atom. The number of hydrogen-bond donors (Lipinski definition) is 0. The molecule has 30 heavy (non-hydrogen) atoms. The van der Waals surface area contributed by atoms with Gasteiger partial charge in [-0.2, -0.15) is 4.31 Å². The second kappa shape index (κ2) is 9.49. The summed E-state index contributed by atoms with van der Waals surface area (Å²) in [5.41, 5.74) is 1.11. The molecular formula is C20H29N5O3S2. The number of carbonyl (C=O) groups is 1. The largest absolute Gasteiger partial charge is 0.339 e. The highest BCUT2D eigenvalue weighted by atomic mass is 32.2. The van der Waals surface area contributed by atoms with Crippen LogP contribution in [0, 0.1) is 0 Å². The smallest absolute Gasteiger partial charge is 0.243 e. The van der Waals surface area contributed by atoms with E-state index in [4.69, 9.17) is 0 Å². The van der Waals surface area contributed by atoms with Crippen molar-refractivity contribution in [3.05, 3.63) is 36.2 Å². The predicted molar refractivity (Wildman–Crippen MR) is 117 cm³/mol. The molecule has 0 atom stereocenters. The van der Waals surface area contributed by atoms with E-state index in [0.717, 1.165) is 5.56 Å². The lowest BCUT2D eigenvalue weighted by molar-refractivity contribution is -0.129. The summed E-state index contributed by atoms with van der Waals surface area (Å²) in [6.45, 7) is 9.59. The van der Waals surface area contributed by atoms with Gasteiger partial charge in [0.05, 0.1) is 10.6 Å². The second-order valence-electron chi connectivity index (χ2n) is 7.91. The molecule has 164 valence electrons. The molecule has 0 spiro atoms. The Labute approximate surface area is 182 Å². The molecule has 2 aromatic rings. The van der Waals surface area contributed by atoms with Gasteiger partial charge in [-0.3, -0.25) is 4.79 Å². The fourth-order valence-electron chi connectivity index (χ4n) is 3.26. The highest BCUT2D eigenvalue weighted by Gasteiger charge is 2.30. The van der Waals surface area contributed by atoms with Crippen molar-refractivity contribution in [2.75, 3.05) is 31.9 Å². The van der Waals surface area contributed by atoms with Gasteiger partial charge in [-0.05, 0) is 37.5 Å². The standard InChI is InChI=1S/C20H29N5O3S2/c1-15(2)17-5-7-18(8-6-17)30(27,28)24-11-9-23(10-12-24)19(26)13-29-20-22-21-14-25(20)16(3)4/h5-8,14-16H,9-13H2,1-4H3. The van der Waals surface area contributed by atoms with Crippen molar-refractivity contribution in [2.24, 2.45) is 0 Å². The molecule has 1 amide bonds. The maximum absolute atomic E-state index is 12.9. The first-order valence-electron chi connectivity index (χ1n) is 10.1. The van der Waals surface area contributed by atoms with Gasteiger partial charge in [-0.15, -0.1) is 10.2 Å². The summed E-state index contributed by atoms with van der Waals surface area (Å²) in [5.74, 6) is 0.592. The lowest BCUT2D eigenvalue weighted by Gasteiger charge is -2.34. The highest BCUT2D eigenvalue weighted by Crippen LogP contribution is 2.22. The Morgan fingerprint density at radius 1 is 1.07 bits per heavy atom. The van der Waals surface area contributed by atoms with Crippen LogP contribution in [-0.2, 0) is 14.8 Å². The van der Waals surface area contributed by atoms with Crippen molar-refractivity contribution in [3.63, 3.8) is 0 Å². The number of benzene rings is 1. The van der Waals surface area contributed by atoms with E-state index in [1.165, 1.54) is 16.1 Å². The second-order valence-corrected chi connectivity index (χ2v) is 10.8. The Kier molecular flexibility index (Phi) is 7.20. The number of rotatable bonds is 7. The van der Waals surface area contributed by atoms with Crippen LogP contribution in [0.2, 0.25) is 0 Å². The molecule has 0 unspecified atom stereocenters. The molecule has 1 aliphatic rings. The Morgan fingerprint density at radius 2 is 1.70 bits per heavy atom. The van der Waals surface area contributed by atoms with Crippen LogP contribution >= 0.6 is 11.8 Å². The van der Waals surface area contributed by atoms with Crippen LogP contribution in [0.5, 0.6) is 0 Å². The molecule has 1 aromatic heterocycles. The number of nitrogens with zero attached hydrogens (tertiary/aromatic N) is 5. The fraction of sp³-hybridized carbons (Fsp3) is 0.550. The van der Waals surface area contributed by atoms with Gasteiger partial charge in [0, 0.05) is 32.2 Å². The summed E-state index contributed by atoms with van der Waals surface area (Å²) < 4.78 is 29.2. The number of amides is 1. The van der Waals surface area contributed by atoms with Gasteiger partial charge >= 0.3 is 0 Å². The van der Waals surface area contributed by atoms with Crippen LogP contribution in [0.3, 0.4) is 0 Å². The molecule has 1 aromatic carbocycles. The molecule has 0 radical (unpaired) electrons. The van der Waals surface area contributed by atoms with E-state index in [0.29, 0.717) is 42.1 Å². The molecule has 0 aliphatic carbocycles. The number of carbonyl (C=O) groups excluding carboxylic acids is 1. The summed E-state index contributed by atoms with van der Waals surface area (Å²) in [7, 11) is -3.55. The first-order valence-corrected chi connectivity index (χ1v) is 12.5. The summed E-state index contributed by atoms with van der Waals surface area (Å²) in [5, 5.41) is 8.69. The van der Waals surface area contributed by atoms with Gasteiger partial charge in [0.25, 0.3) is 0 Å². The number of aromatic nitrogens is 3. The molecule has 10 heteroatoms. The van der Waals surface area contributed by atoms with Gasteiger partial charge < -0.3 is 9.47 Å². The number of thioether (sulfide) groups is 1. The summed E-state index contributed by atoms with van der Waals surface area (Å²) in [4.78, 5) is 14.6. The van der Waals surface area contributed by atoms with Gasteiger partial charge in [0.1, 0.15) is 6.33 Å². The number of hydrogen-bond acceptors (Lipinski definition) is 6. The van der Waals surface area contributed by atoms with E-state index in [2.05, 4.69) is 24.0 Å².